The number of para-hydroxylation sites is 2. The Bertz CT molecular complexity index is 3650. The molecule has 2 heterocycles. The average molecular weight is 761 g/mol. The quantitative estimate of drug-likeness (QED) is 0.163. The van der Waals surface area contributed by atoms with E-state index in [1.807, 2.05) is 0 Å². The first-order chi connectivity index (χ1) is 29.8. The molecule has 1 aliphatic rings. The fraction of sp³-hybridized carbons (Fsp3) is 0.0172. The molecule has 0 aliphatic heterocycles. The molecule has 0 radical (unpaired) electrons. The minimum absolute atomic E-state index is 0.483. The Kier molecular flexibility index (Phi) is 6.97. The molecule has 0 fully saturated rings. The predicted octanol–water partition coefficient (Wildman–Crippen LogP) is 14.8. The highest BCUT2D eigenvalue weighted by molar-refractivity contribution is 6.33. The number of fused-ring (bicyclic) bond motifs is 14. The second-order valence-electron chi connectivity index (χ2n) is 16.2. The van der Waals surface area contributed by atoms with E-state index in [-0.39, 0.29) is 0 Å². The third-order valence-corrected chi connectivity index (χ3v) is 13.2. The van der Waals surface area contributed by atoms with Crippen LogP contribution in [0.25, 0.3) is 93.1 Å². The van der Waals surface area contributed by atoms with Gasteiger partial charge in [0.15, 0.2) is 0 Å². The van der Waals surface area contributed by atoms with E-state index in [0.717, 1.165) is 22.5 Å². The van der Waals surface area contributed by atoms with Gasteiger partial charge in [-0.1, -0.05) is 182 Å². The van der Waals surface area contributed by atoms with Crippen molar-refractivity contribution in [2.24, 2.45) is 0 Å². The highest BCUT2D eigenvalue weighted by Crippen LogP contribution is 2.57. The van der Waals surface area contributed by atoms with Crippen LogP contribution in [0.5, 0.6) is 0 Å². The molecule has 0 amide bonds. The van der Waals surface area contributed by atoms with Crippen molar-refractivity contribution in [1.82, 2.24) is 9.55 Å². The van der Waals surface area contributed by atoms with Crippen molar-refractivity contribution in [2.75, 3.05) is 0 Å². The lowest BCUT2D eigenvalue weighted by Gasteiger charge is -2.34. The Labute approximate surface area is 347 Å². The summed E-state index contributed by atoms with van der Waals surface area (Å²) in [6, 6.07) is 80.4. The van der Waals surface area contributed by atoms with E-state index in [4.69, 9.17) is 4.98 Å². The first kappa shape index (κ1) is 33.2. The van der Waals surface area contributed by atoms with Gasteiger partial charge in [0, 0.05) is 38.2 Å². The molecule has 0 saturated heterocycles. The first-order valence-corrected chi connectivity index (χ1v) is 20.8. The van der Waals surface area contributed by atoms with Gasteiger partial charge in [0.1, 0.15) is 0 Å². The smallest absolute Gasteiger partial charge is 0.0794 e. The van der Waals surface area contributed by atoms with Gasteiger partial charge in [0.05, 0.1) is 27.7 Å². The highest BCUT2D eigenvalue weighted by atomic mass is 15.0. The summed E-state index contributed by atoms with van der Waals surface area (Å²) >= 11 is 0. The molecule has 13 rings (SSSR count). The van der Waals surface area contributed by atoms with E-state index in [2.05, 4.69) is 223 Å². The van der Waals surface area contributed by atoms with E-state index in [1.54, 1.807) is 0 Å². The summed E-state index contributed by atoms with van der Waals surface area (Å²) in [4.78, 5) is 5.45. The molecule has 0 atom stereocenters. The van der Waals surface area contributed by atoms with Gasteiger partial charge in [-0.3, -0.25) is 0 Å². The van der Waals surface area contributed by atoms with Crippen LogP contribution in [0.15, 0.2) is 218 Å². The zero-order chi connectivity index (χ0) is 39.4. The van der Waals surface area contributed by atoms with Crippen LogP contribution in [0.2, 0.25) is 0 Å². The third kappa shape index (κ3) is 4.45. The third-order valence-electron chi connectivity index (χ3n) is 13.2. The Morgan fingerprint density at radius 3 is 1.60 bits per heavy atom. The predicted molar refractivity (Wildman–Crippen MR) is 251 cm³/mol. The van der Waals surface area contributed by atoms with Gasteiger partial charge >= 0.3 is 0 Å². The minimum Gasteiger partial charge on any atom is -0.309 e. The van der Waals surface area contributed by atoms with Gasteiger partial charge in [-0.05, 0) is 91.3 Å². The Balaban J connectivity index is 1.07. The molecule has 60 heavy (non-hydrogen) atoms. The minimum atomic E-state index is -0.483. The Morgan fingerprint density at radius 2 is 0.900 bits per heavy atom. The van der Waals surface area contributed by atoms with Gasteiger partial charge in [0.2, 0.25) is 0 Å². The first-order valence-electron chi connectivity index (χ1n) is 20.8. The summed E-state index contributed by atoms with van der Waals surface area (Å²) in [5, 5.41) is 11.1. The number of nitrogens with zero attached hydrogens (tertiary/aromatic N) is 2. The Morgan fingerprint density at radius 1 is 0.350 bits per heavy atom. The van der Waals surface area contributed by atoms with E-state index in [0.29, 0.717) is 0 Å². The number of hydrogen-bond donors (Lipinski definition) is 0. The molecule has 2 nitrogen and oxygen atoms in total. The molecule has 278 valence electrons. The number of benzene rings is 10. The summed E-state index contributed by atoms with van der Waals surface area (Å²) in [5.74, 6) is 0. The topological polar surface area (TPSA) is 17.8 Å². The van der Waals surface area contributed by atoms with Gasteiger partial charge in [-0.2, -0.15) is 0 Å². The van der Waals surface area contributed by atoms with Crippen LogP contribution in [0, 0.1) is 0 Å². The van der Waals surface area contributed by atoms with E-state index in [1.165, 1.54) is 92.9 Å². The fourth-order valence-electron chi connectivity index (χ4n) is 10.8. The van der Waals surface area contributed by atoms with Crippen LogP contribution in [-0.4, -0.2) is 9.55 Å². The van der Waals surface area contributed by atoms with Crippen LogP contribution in [0.4, 0.5) is 0 Å². The zero-order valence-electron chi connectivity index (χ0n) is 32.7. The van der Waals surface area contributed by atoms with Gasteiger partial charge in [-0.15, -0.1) is 0 Å². The highest BCUT2D eigenvalue weighted by Gasteiger charge is 2.46. The summed E-state index contributed by atoms with van der Waals surface area (Å²) < 4.78 is 2.47. The number of pyridine rings is 1. The van der Waals surface area contributed by atoms with Crippen LogP contribution in [0.1, 0.15) is 22.3 Å². The molecule has 0 unspecified atom stereocenters. The molecule has 0 saturated carbocycles. The van der Waals surface area contributed by atoms with Gasteiger partial charge in [-0.25, -0.2) is 4.98 Å². The number of hydrogen-bond acceptors (Lipinski definition) is 1. The maximum atomic E-state index is 5.45. The van der Waals surface area contributed by atoms with Crippen molar-refractivity contribution in [3.05, 3.63) is 241 Å². The van der Waals surface area contributed by atoms with Crippen LogP contribution < -0.4 is 0 Å². The Hall–Kier alpha value is -7.81. The van der Waals surface area contributed by atoms with Crippen molar-refractivity contribution >= 4 is 65.0 Å². The number of rotatable bonds is 4. The molecule has 0 N–H and O–H groups in total. The molecule has 10 aromatic carbocycles. The van der Waals surface area contributed by atoms with Crippen molar-refractivity contribution < 1.29 is 0 Å². The van der Waals surface area contributed by atoms with Crippen molar-refractivity contribution in [3.63, 3.8) is 0 Å². The van der Waals surface area contributed by atoms with E-state index in [9.17, 15) is 0 Å². The van der Waals surface area contributed by atoms with Crippen molar-refractivity contribution in [2.45, 2.75) is 5.41 Å². The molecule has 0 spiro atoms. The molecular formula is C58H36N2. The van der Waals surface area contributed by atoms with Gasteiger partial charge in [0.25, 0.3) is 0 Å². The van der Waals surface area contributed by atoms with Gasteiger partial charge < -0.3 is 4.57 Å². The molecular weight excluding hydrogens is 725 g/mol. The number of aromatic nitrogens is 2. The molecule has 0 bridgehead atoms. The lowest BCUT2D eigenvalue weighted by molar-refractivity contribution is 0.769. The molecule has 12 aromatic rings. The second-order valence-corrected chi connectivity index (χ2v) is 16.2. The average Bonchev–Trinajstić information content (AvgIpc) is 3.81. The summed E-state index contributed by atoms with van der Waals surface area (Å²) in [5.41, 5.74) is 13.9. The largest absolute Gasteiger partial charge is 0.309 e. The standard InChI is InChI=1S/C58H36N2/c1-3-17-38(18-4-1)58(39-19-5-2-6-20-39)50-28-14-11-23-43(50)48-35-49-44-24-13-16-30-53(44)60(54(49)36-51(48)58)40-33-31-37(32-34-40)57-56-46-26-10-8-22-42(46)41-21-7-9-25-45(41)55(56)47-27-12-15-29-52(47)59-57/h1-36H. The second kappa shape index (κ2) is 12.6. The van der Waals surface area contributed by atoms with E-state index < -0.39 is 5.41 Å². The summed E-state index contributed by atoms with van der Waals surface area (Å²) in [6.07, 6.45) is 0. The SMILES string of the molecule is c1ccc(C2(c3ccccc3)c3ccccc3-c3cc4c5ccccc5n(-c5ccc(-c6nc7ccccc7c7c8ccccc8c8ccccc8c67)cc5)c4cc32)cc1. The summed E-state index contributed by atoms with van der Waals surface area (Å²) in [6.45, 7) is 0. The van der Waals surface area contributed by atoms with Crippen molar-refractivity contribution in [3.8, 4) is 28.1 Å². The van der Waals surface area contributed by atoms with Crippen LogP contribution >= 0.6 is 0 Å². The molecule has 1 aliphatic carbocycles. The van der Waals surface area contributed by atoms with E-state index >= 15 is 0 Å². The summed E-state index contributed by atoms with van der Waals surface area (Å²) in [7, 11) is 0. The fourth-order valence-corrected chi connectivity index (χ4v) is 10.8. The monoisotopic (exact) mass is 760 g/mol. The molecule has 2 aromatic heterocycles. The lowest BCUT2D eigenvalue weighted by atomic mass is 9.67. The maximum absolute atomic E-state index is 5.45. The normalized spacial score (nSPS) is 13.1. The van der Waals surface area contributed by atoms with Crippen LogP contribution in [0.3, 0.4) is 0 Å². The zero-order valence-corrected chi connectivity index (χ0v) is 32.7. The lowest BCUT2D eigenvalue weighted by Crippen LogP contribution is -2.28. The molecule has 2 heteroatoms. The maximum Gasteiger partial charge on any atom is 0.0794 e. The van der Waals surface area contributed by atoms with Crippen LogP contribution in [-0.2, 0) is 5.41 Å². The van der Waals surface area contributed by atoms with Crippen molar-refractivity contribution in [1.29, 1.82) is 0 Å².